The van der Waals surface area contributed by atoms with Gasteiger partial charge in [0.05, 0.1) is 19.8 Å². The van der Waals surface area contributed by atoms with E-state index < -0.39 is 0 Å². The lowest BCUT2D eigenvalue weighted by molar-refractivity contribution is -0.000824. The number of hydrogen-bond acceptors (Lipinski definition) is 6. The molecule has 0 aromatic carbocycles. The van der Waals surface area contributed by atoms with E-state index in [1.807, 2.05) is 0 Å². The van der Waals surface area contributed by atoms with Crippen LogP contribution in [0.4, 0.5) is 0 Å². The molecule has 1 aromatic heterocycles. The van der Waals surface area contributed by atoms with Gasteiger partial charge in [-0.05, 0) is 0 Å². The number of methoxy groups -OCH3 is 1. The van der Waals surface area contributed by atoms with Gasteiger partial charge in [0, 0.05) is 13.1 Å². The van der Waals surface area contributed by atoms with Gasteiger partial charge in [0.25, 0.3) is 0 Å². The summed E-state index contributed by atoms with van der Waals surface area (Å²) in [6, 6.07) is 1.65. The molecule has 0 radical (unpaired) electrons. The van der Waals surface area contributed by atoms with E-state index in [-0.39, 0.29) is 6.10 Å². The molecule has 2 rings (SSSR count). The highest BCUT2D eigenvalue weighted by Crippen LogP contribution is 2.12. The summed E-state index contributed by atoms with van der Waals surface area (Å²) in [6.07, 6.45) is 1.49. The summed E-state index contributed by atoms with van der Waals surface area (Å²) in [5.41, 5.74) is 0. The highest BCUT2D eigenvalue weighted by molar-refractivity contribution is 5.17. The first-order chi connectivity index (χ1) is 7.88. The molecule has 1 unspecified atom stereocenters. The molecule has 1 fully saturated rings. The van der Waals surface area contributed by atoms with Crippen molar-refractivity contribution in [1.82, 2.24) is 15.3 Å². The Kier molecular flexibility index (Phi) is 3.90. The number of hydrogen-bond donors (Lipinski definition) is 1. The van der Waals surface area contributed by atoms with Crippen molar-refractivity contribution < 1.29 is 14.2 Å². The van der Waals surface area contributed by atoms with Crippen LogP contribution < -0.4 is 14.8 Å². The number of ether oxygens (including phenoxy) is 3. The SMILES string of the molecule is COc1cc(OCC2CNCCO2)ncn1. The first-order valence-corrected chi connectivity index (χ1v) is 5.19. The molecular formula is C10H15N3O3. The summed E-state index contributed by atoms with van der Waals surface area (Å²) in [5, 5.41) is 3.23. The molecule has 1 saturated heterocycles. The molecule has 1 aromatic rings. The van der Waals surface area contributed by atoms with E-state index in [9.17, 15) is 0 Å². The lowest BCUT2D eigenvalue weighted by Crippen LogP contribution is -2.41. The molecule has 1 atom stereocenters. The molecular weight excluding hydrogens is 210 g/mol. The average molecular weight is 225 g/mol. The van der Waals surface area contributed by atoms with Crippen molar-refractivity contribution in [3.8, 4) is 11.8 Å². The van der Waals surface area contributed by atoms with Crippen LogP contribution in [0, 0.1) is 0 Å². The largest absolute Gasteiger partial charge is 0.481 e. The average Bonchev–Trinajstić information content (AvgIpc) is 2.38. The van der Waals surface area contributed by atoms with Crippen LogP contribution in [0.25, 0.3) is 0 Å². The summed E-state index contributed by atoms with van der Waals surface area (Å²) in [4.78, 5) is 7.88. The lowest BCUT2D eigenvalue weighted by Gasteiger charge is -2.23. The number of nitrogens with zero attached hydrogens (tertiary/aromatic N) is 2. The number of nitrogens with one attached hydrogen (secondary N) is 1. The van der Waals surface area contributed by atoms with Crippen LogP contribution in [0.5, 0.6) is 11.8 Å². The molecule has 1 aliphatic rings. The molecule has 0 amide bonds. The van der Waals surface area contributed by atoms with Crippen molar-refractivity contribution in [1.29, 1.82) is 0 Å². The van der Waals surface area contributed by atoms with Gasteiger partial charge in [-0.1, -0.05) is 0 Å². The third-order valence-electron chi connectivity index (χ3n) is 2.25. The smallest absolute Gasteiger partial charge is 0.220 e. The van der Waals surface area contributed by atoms with Gasteiger partial charge in [0.15, 0.2) is 0 Å². The Hall–Kier alpha value is -1.40. The van der Waals surface area contributed by atoms with Gasteiger partial charge in [-0.2, -0.15) is 0 Å². The molecule has 0 spiro atoms. The molecule has 1 N–H and O–H groups in total. The number of aromatic nitrogens is 2. The molecule has 0 bridgehead atoms. The van der Waals surface area contributed by atoms with Gasteiger partial charge in [-0.25, -0.2) is 9.97 Å². The molecule has 6 nitrogen and oxygen atoms in total. The summed E-state index contributed by atoms with van der Waals surface area (Å²) in [6.45, 7) is 2.91. The number of rotatable bonds is 4. The van der Waals surface area contributed by atoms with Gasteiger partial charge in [-0.3, -0.25) is 0 Å². The van der Waals surface area contributed by atoms with Crippen molar-refractivity contribution in [2.24, 2.45) is 0 Å². The fraction of sp³-hybridized carbons (Fsp3) is 0.600. The van der Waals surface area contributed by atoms with Crippen LogP contribution in [0.15, 0.2) is 12.4 Å². The molecule has 16 heavy (non-hydrogen) atoms. The monoisotopic (exact) mass is 225 g/mol. The first-order valence-electron chi connectivity index (χ1n) is 5.19. The Balaban J connectivity index is 1.83. The Morgan fingerprint density at radius 1 is 1.50 bits per heavy atom. The van der Waals surface area contributed by atoms with Crippen LogP contribution >= 0.6 is 0 Å². The fourth-order valence-electron chi connectivity index (χ4n) is 1.42. The number of morpholine rings is 1. The normalized spacial score (nSPS) is 20.4. The maximum atomic E-state index is 5.49. The van der Waals surface area contributed by atoms with Crippen molar-refractivity contribution in [3.63, 3.8) is 0 Å². The third-order valence-corrected chi connectivity index (χ3v) is 2.25. The summed E-state index contributed by atoms with van der Waals surface area (Å²) in [5.74, 6) is 0.994. The minimum absolute atomic E-state index is 0.0784. The quantitative estimate of drug-likeness (QED) is 0.769. The topological polar surface area (TPSA) is 65.5 Å². The summed E-state index contributed by atoms with van der Waals surface area (Å²) < 4.78 is 16.0. The Morgan fingerprint density at radius 3 is 3.12 bits per heavy atom. The Bertz CT molecular complexity index is 329. The molecule has 2 heterocycles. The fourth-order valence-corrected chi connectivity index (χ4v) is 1.42. The van der Waals surface area contributed by atoms with Crippen LogP contribution in [0.3, 0.4) is 0 Å². The van der Waals surface area contributed by atoms with Crippen LogP contribution in [-0.2, 0) is 4.74 Å². The van der Waals surface area contributed by atoms with Crippen molar-refractivity contribution >= 4 is 0 Å². The predicted octanol–water partition coefficient (Wildman–Crippen LogP) is -0.148. The van der Waals surface area contributed by atoms with E-state index in [4.69, 9.17) is 14.2 Å². The van der Waals surface area contributed by atoms with Gasteiger partial charge >= 0.3 is 0 Å². The molecule has 88 valence electrons. The van der Waals surface area contributed by atoms with E-state index in [0.29, 0.717) is 18.4 Å². The minimum atomic E-state index is 0.0784. The zero-order chi connectivity index (χ0) is 11.2. The predicted molar refractivity (Wildman–Crippen MR) is 56.7 cm³/mol. The van der Waals surface area contributed by atoms with E-state index >= 15 is 0 Å². The van der Waals surface area contributed by atoms with Gasteiger partial charge in [0.1, 0.15) is 19.0 Å². The van der Waals surface area contributed by atoms with Crippen LogP contribution in [0.1, 0.15) is 0 Å². The van der Waals surface area contributed by atoms with Crippen molar-refractivity contribution in [3.05, 3.63) is 12.4 Å². The van der Waals surface area contributed by atoms with Gasteiger partial charge in [-0.15, -0.1) is 0 Å². The second kappa shape index (κ2) is 5.62. The van der Waals surface area contributed by atoms with Crippen molar-refractivity contribution in [2.75, 3.05) is 33.4 Å². The van der Waals surface area contributed by atoms with Crippen molar-refractivity contribution in [2.45, 2.75) is 6.10 Å². The summed E-state index contributed by atoms with van der Waals surface area (Å²) in [7, 11) is 1.56. The van der Waals surface area contributed by atoms with E-state index in [2.05, 4.69) is 15.3 Å². The Labute approximate surface area is 93.9 Å². The van der Waals surface area contributed by atoms with Crippen LogP contribution in [-0.4, -0.2) is 49.5 Å². The van der Waals surface area contributed by atoms with Gasteiger partial charge in [0.2, 0.25) is 11.8 Å². The Morgan fingerprint density at radius 2 is 2.38 bits per heavy atom. The molecule has 6 heteroatoms. The maximum absolute atomic E-state index is 5.49. The highest BCUT2D eigenvalue weighted by Gasteiger charge is 2.14. The first kappa shape index (κ1) is 11.1. The highest BCUT2D eigenvalue weighted by atomic mass is 16.5. The standard InChI is InChI=1S/C10H15N3O3/c1-14-9-4-10(13-7-12-9)16-6-8-5-11-2-3-15-8/h4,7-8,11H,2-3,5-6H2,1H3. The zero-order valence-corrected chi connectivity index (χ0v) is 9.18. The summed E-state index contributed by atoms with van der Waals surface area (Å²) >= 11 is 0. The second-order valence-electron chi connectivity index (χ2n) is 3.41. The molecule has 1 aliphatic heterocycles. The van der Waals surface area contributed by atoms with E-state index in [1.165, 1.54) is 6.33 Å². The maximum Gasteiger partial charge on any atom is 0.220 e. The molecule has 0 aliphatic carbocycles. The zero-order valence-electron chi connectivity index (χ0n) is 9.18. The molecule has 0 saturated carbocycles. The van der Waals surface area contributed by atoms with Crippen LogP contribution in [0.2, 0.25) is 0 Å². The third kappa shape index (κ3) is 3.04. The lowest BCUT2D eigenvalue weighted by atomic mass is 10.3. The van der Waals surface area contributed by atoms with Gasteiger partial charge < -0.3 is 19.5 Å². The second-order valence-corrected chi connectivity index (χ2v) is 3.41. The van der Waals surface area contributed by atoms with E-state index in [1.54, 1.807) is 13.2 Å². The van der Waals surface area contributed by atoms with E-state index in [0.717, 1.165) is 19.7 Å². The minimum Gasteiger partial charge on any atom is -0.481 e.